The van der Waals surface area contributed by atoms with Gasteiger partial charge < -0.3 is 9.94 Å². The molecule has 0 aliphatic rings. The minimum atomic E-state index is 0.575. The predicted molar refractivity (Wildman–Crippen MR) is 47.4 cm³/mol. The first kappa shape index (κ1) is 8.87. The molecule has 0 aromatic heterocycles. The second-order valence-corrected chi connectivity index (χ2v) is 2.57. The molecule has 0 aliphatic heterocycles. The Morgan fingerprint density at radius 3 is 2.92 bits per heavy atom. The standard InChI is InChI=1S/C8H8ClNO2/c1-12-8-3-2-7(9)4-6(8)5-10-11/h2-5,11H,1H3. The number of halogens is 1. The first-order chi connectivity index (χ1) is 5.77. The van der Waals surface area contributed by atoms with Gasteiger partial charge in [0.05, 0.1) is 13.3 Å². The molecule has 0 atom stereocenters. The van der Waals surface area contributed by atoms with Crippen molar-refractivity contribution in [3.05, 3.63) is 28.8 Å². The summed E-state index contributed by atoms with van der Waals surface area (Å²) in [6.45, 7) is 0. The van der Waals surface area contributed by atoms with Gasteiger partial charge in [-0.05, 0) is 18.2 Å². The molecule has 1 N–H and O–H groups in total. The summed E-state index contributed by atoms with van der Waals surface area (Å²) in [7, 11) is 1.54. The van der Waals surface area contributed by atoms with E-state index < -0.39 is 0 Å². The van der Waals surface area contributed by atoms with E-state index in [-0.39, 0.29) is 0 Å². The predicted octanol–water partition coefficient (Wildman–Crippen LogP) is 2.16. The number of methoxy groups -OCH3 is 1. The van der Waals surface area contributed by atoms with Crippen LogP contribution in [0, 0.1) is 0 Å². The molecule has 12 heavy (non-hydrogen) atoms. The van der Waals surface area contributed by atoms with Gasteiger partial charge in [0.25, 0.3) is 0 Å². The highest BCUT2D eigenvalue weighted by Crippen LogP contribution is 2.20. The molecule has 0 aliphatic carbocycles. The van der Waals surface area contributed by atoms with Crippen molar-refractivity contribution in [3.8, 4) is 5.75 Å². The summed E-state index contributed by atoms with van der Waals surface area (Å²) in [5, 5.41) is 11.8. The van der Waals surface area contributed by atoms with Gasteiger partial charge in [0, 0.05) is 10.6 Å². The van der Waals surface area contributed by atoms with Crippen LogP contribution in [0.15, 0.2) is 23.4 Å². The zero-order valence-corrected chi connectivity index (χ0v) is 7.25. The Hall–Kier alpha value is -1.22. The highest BCUT2D eigenvalue weighted by Gasteiger charge is 2.00. The van der Waals surface area contributed by atoms with Crippen molar-refractivity contribution in [2.75, 3.05) is 7.11 Å². The summed E-state index contributed by atoms with van der Waals surface area (Å²) in [6.07, 6.45) is 1.27. The van der Waals surface area contributed by atoms with E-state index in [9.17, 15) is 0 Å². The van der Waals surface area contributed by atoms with E-state index in [1.54, 1.807) is 18.2 Å². The lowest BCUT2D eigenvalue weighted by atomic mass is 10.2. The summed E-state index contributed by atoms with van der Waals surface area (Å²) in [4.78, 5) is 0. The van der Waals surface area contributed by atoms with Gasteiger partial charge in [0.1, 0.15) is 5.75 Å². The van der Waals surface area contributed by atoms with Crippen LogP contribution >= 0.6 is 11.6 Å². The quantitative estimate of drug-likeness (QED) is 0.436. The second kappa shape index (κ2) is 3.97. The number of oxime groups is 1. The molecule has 1 aromatic rings. The summed E-state index contributed by atoms with van der Waals surface area (Å²) in [5.41, 5.74) is 0.646. The second-order valence-electron chi connectivity index (χ2n) is 2.13. The van der Waals surface area contributed by atoms with E-state index in [2.05, 4.69) is 5.16 Å². The zero-order chi connectivity index (χ0) is 8.97. The maximum Gasteiger partial charge on any atom is 0.127 e. The molecular formula is C8H8ClNO2. The van der Waals surface area contributed by atoms with Gasteiger partial charge in [-0.3, -0.25) is 0 Å². The fourth-order valence-electron chi connectivity index (χ4n) is 0.868. The fraction of sp³-hybridized carbons (Fsp3) is 0.125. The first-order valence-electron chi connectivity index (χ1n) is 3.29. The molecule has 3 nitrogen and oxygen atoms in total. The molecule has 0 fully saturated rings. The van der Waals surface area contributed by atoms with Gasteiger partial charge in [0.2, 0.25) is 0 Å². The fourth-order valence-corrected chi connectivity index (χ4v) is 1.05. The third-order valence-corrected chi connectivity index (χ3v) is 1.62. The average molecular weight is 186 g/mol. The van der Waals surface area contributed by atoms with Crippen LogP contribution in [0.2, 0.25) is 5.02 Å². The molecule has 64 valence electrons. The van der Waals surface area contributed by atoms with Crippen LogP contribution in [-0.4, -0.2) is 18.5 Å². The number of hydrogen-bond acceptors (Lipinski definition) is 3. The van der Waals surface area contributed by atoms with Crippen molar-refractivity contribution in [3.63, 3.8) is 0 Å². The van der Waals surface area contributed by atoms with Crippen molar-refractivity contribution in [2.45, 2.75) is 0 Å². The molecular weight excluding hydrogens is 178 g/mol. The van der Waals surface area contributed by atoms with E-state index in [0.29, 0.717) is 16.3 Å². The molecule has 0 bridgehead atoms. The first-order valence-corrected chi connectivity index (χ1v) is 3.66. The van der Waals surface area contributed by atoms with Gasteiger partial charge in [-0.15, -0.1) is 0 Å². The minimum absolute atomic E-state index is 0.575. The van der Waals surface area contributed by atoms with Crippen LogP contribution in [0.25, 0.3) is 0 Å². The monoisotopic (exact) mass is 185 g/mol. The number of hydrogen-bond donors (Lipinski definition) is 1. The van der Waals surface area contributed by atoms with Crippen LogP contribution in [-0.2, 0) is 0 Å². The maximum absolute atomic E-state index is 8.30. The van der Waals surface area contributed by atoms with E-state index in [0.717, 1.165) is 0 Å². The van der Waals surface area contributed by atoms with Crippen molar-refractivity contribution in [1.29, 1.82) is 0 Å². The summed E-state index contributed by atoms with van der Waals surface area (Å²) in [5.74, 6) is 0.622. The van der Waals surface area contributed by atoms with Crippen molar-refractivity contribution in [1.82, 2.24) is 0 Å². The Bertz CT molecular complexity index is 299. The smallest absolute Gasteiger partial charge is 0.127 e. The van der Waals surface area contributed by atoms with E-state index in [1.165, 1.54) is 13.3 Å². The Kier molecular flexibility index (Phi) is 2.94. The minimum Gasteiger partial charge on any atom is -0.496 e. The number of rotatable bonds is 2. The van der Waals surface area contributed by atoms with Crippen LogP contribution in [0.3, 0.4) is 0 Å². The topological polar surface area (TPSA) is 41.8 Å². The number of ether oxygens (including phenoxy) is 1. The summed E-state index contributed by atoms with van der Waals surface area (Å²) >= 11 is 5.71. The van der Waals surface area contributed by atoms with Gasteiger partial charge >= 0.3 is 0 Å². The average Bonchev–Trinajstić information content (AvgIpc) is 2.05. The van der Waals surface area contributed by atoms with E-state index in [4.69, 9.17) is 21.5 Å². The van der Waals surface area contributed by atoms with Gasteiger partial charge in [0.15, 0.2) is 0 Å². The molecule has 1 rings (SSSR count). The van der Waals surface area contributed by atoms with Crippen LogP contribution < -0.4 is 4.74 Å². The Morgan fingerprint density at radius 2 is 2.33 bits per heavy atom. The molecule has 0 spiro atoms. The molecule has 4 heteroatoms. The van der Waals surface area contributed by atoms with E-state index in [1.807, 2.05) is 0 Å². The maximum atomic E-state index is 8.30. The third-order valence-electron chi connectivity index (χ3n) is 1.39. The van der Waals surface area contributed by atoms with Crippen molar-refractivity contribution in [2.24, 2.45) is 5.16 Å². The number of nitrogens with zero attached hydrogens (tertiary/aromatic N) is 1. The van der Waals surface area contributed by atoms with Gasteiger partial charge in [-0.1, -0.05) is 16.8 Å². The Labute approximate surface area is 75.2 Å². The molecule has 0 radical (unpaired) electrons. The Balaban J connectivity index is 3.12. The molecule has 0 saturated heterocycles. The van der Waals surface area contributed by atoms with Crippen molar-refractivity contribution < 1.29 is 9.94 Å². The van der Waals surface area contributed by atoms with Crippen molar-refractivity contribution >= 4 is 17.8 Å². The number of benzene rings is 1. The highest BCUT2D eigenvalue weighted by atomic mass is 35.5. The lowest BCUT2D eigenvalue weighted by molar-refractivity contribution is 0.321. The summed E-state index contributed by atoms with van der Waals surface area (Å²) < 4.78 is 4.99. The lowest BCUT2D eigenvalue weighted by Crippen LogP contribution is -1.90. The third kappa shape index (κ3) is 1.89. The molecule has 0 saturated carbocycles. The molecule has 0 amide bonds. The lowest BCUT2D eigenvalue weighted by Gasteiger charge is -2.02. The SMILES string of the molecule is COc1ccc(Cl)cc1C=NO. The largest absolute Gasteiger partial charge is 0.496 e. The Morgan fingerprint density at radius 1 is 1.58 bits per heavy atom. The van der Waals surface area contributed by atoms with Gasteiger partial charge in [-0.25, -0.2) is 0 Å². The molecule has 1 aromatic carbocycles. The zero-order valence-electron chi connectivity index (χ0n) is 6.49. The molecule has 0 heterocycles. The normalized spacial score (nSPS) is 10.5. The van der Waals surface area contributed by atoms with E-state index >= 15 is 0 Å². The van der Waals surface area contributed by atoms with Crippen LogP contribution in [0.1, 0.15) is 5.56 Å². The van der Waals surface area contributed by atoms with Gasteiger partial charge in [-0.2, -0.15) is 0 Å². The summed E-state index contributed by atoms with van der Waals surface area (Å²) in [6, 6.07) is 5.06. The highest BCUT2D eigenvalue weighted by molar-refractivity contribution is 6.30. The van der Waals surface area contributed by atoms with Crippen LogP contribution in [0.4, 0.5) is 0 Å². The molecule has 0 unspecified atom stereocenters. The van der Waals surface area contributed by atoms with Crippen LogP contribution in [0.5, 0.6) is 5.75 Å².